The van der Waals surface area contributed by atoms with Crippen molar-refractivity contribution in [3.63, 3.8) is 0 Å². The molecule has 0 amide bonds. The van der Waals surface area contributed by atoms with E-state index in [1.165, 1.54) is 14.7 Å². The molecular formula is C41H33F9O7S2. The van der Waals surface area contributed by atoms with Crippen molar-refractivity contribution in [2.45, 2.75) is 43.7 Å². The Morgan fingerprint density at radius 2 is 1.08 bits per heavy atom. The number of hydrogen-bond donors (Lipinski definition) is 0. The molecule has 0 heterocycles. The summed E-state index contributed by atoms with van der Waals surface area (Å²) >= 11 is 0. The van der Waals surface area contributed by atoms with Crippen molar-refractivity contribution in [2.75, 3.05) is 28.4 Å². The monoisotopic (exact) mass is 872 g/mol. The minimum absolute atomic E-state index is 0.221. The first-order valence-electron chi connectivity index (χ1n) is 16.9. The van der Waals surface area contributed by atoms with Crippen molar-refractivity contribution in [3.05, 3.63) is 139 Å². The highest BCUT2D eigenvalue weighted by Gasteiger charge is 2.83. The fraction of sp³-hybridized carbons (Fsp3) is 0.220. The zero-order chi connectivity index (χ0) is 43.6. The van der Waals surface area contributed by atoms with Crippen LogP contribution in [0.4, 0.5) is 39.5 Å². The number of alkyl halides is 9. The van der Waals surface area contributed by atoms with Gasteiger partial charge in [-0.15, -0.1) is 0 Å². The van der Waals surface area contributed by atoms with Crippen LogP contribution in [0.15, 0.2) is 142 Å². The Morgan fingerprint density at radius 3 is 1.58 bits per heavy atom. The Balaban J connectivity index is 0.000000330. The van der Waals surface area contributed by atoms with Gasteiger partial charge in [0.15, 0.2) is 24.8 Å². The molecule has 314 valence electrons. The van der Waals surface area contributed by atoms with E-state index in [0.717, 1.165) is 44.2 Å². The molecule has 0 fully saturated rings. The molecule has 0 N–H and O–H groups in total. The largest absolute Gasteiger partial charge is 0.743 e. The lowest BCUT2D eigenvalue weighted by Gasteiger charge is -2.34. The molecule has 7 nitrogen and oxygen atoms in total. The first-order valence-corrected chi connectivity index (χ1v) is 19.5. The molecule has 0 saturated carbocycles. The molecule has 59 heavy (non-hydrogen) atoms. The Bertz CT molecular complexity index is 2480. The highest BCUT2D eigenvalue weighted by atomic mass is 32.2. The minimum atomic E-state index is -7.43. The quantitative estimate of drug-likeness (QED) is 0.0523. The third-order valence-corrected chi connectivity index (χ3v) is 12.2. The normalized spacial score (nSPS) is 13.0. The van der Waals surface area contributed by atoms with E-state index in [2.05, 4.69) is 97.1 Å². The smallest absolute Gasteiger partial charge is 0.460 e. The molecule has 0 aliphatic heterocycles. The molecule has 0 aliphatic rings. The maximum Gasteiger partial charge on any atom is 0.460 e. The summed E-state index contributed by atoms with van der Waals surface area (Å²) in [6, 6.07) is 44.5. The van der Waals surface area contributed by atoms with E-state index in [1.807, 2.05) is 30.3 Å². The molecule has 18 heteroatoms. The minimum Gasteiger partial charge on any atom is -0.743 e. The predicted octanol–water partition coefficient (Wildman–Crippen LogP) is 10.6. The van der Waals surface area contributed by atoms with E-state index in [1.54, 1.807) is 28.4 Å². The molecule has 0 spiro atoms. The number of ether oxygens (including phenoxy) is 4. The van der Waals surface area contributed by atoms with Crippen LogP contribution >= 0.6 is 0 Å². The van der Waals surface area contributed by atoms with E-state index in [0.29, 0.717) is 0 Å². The van der Waals surface area contributed by atoms with Gasteiger partial charge in [0, 0.05) is 36.8 Å². The molecule has 6 rings (SSSR count). The van der Waals surface area contributed by atoms with Crippen LogP contribution in [0.2, 0.25) is 0 Å². The van der Waals surface area contributed by atoms with E-state index in [-0.39, 0.29) is 10.9 Å². The lowest BCUT2D eigenvalue weighted by atomic mass is 9.90. The van der Waals surface area contributed by atoms with Crippen LogP contribution < -0.4 is 9.47 Å². The van der Waals surface area contributed by atoms with Crippen LogP contribution in [0.1, 0.15) is 11.1 Å². The summed E-state index contributed by atoms with van der Waals surface area (Å²) in [5.41, 5.74) is 1.76. The number of methoxy groups -OCH3 is 4. The van der Waals surface area contributed by atoms with Crippen molar-refractivity contribution in [1.29, 1.82) is 0 Å². The fourth-order valence-corrected chi connectivity index (χ4v) is 8.75. The van der Waals surface area contributed by atoms with Crippen molar-refractivity contribution >= 4 is 42.6 Å². The van der Waals surface area contributed by atoms with Crippen LogP contribution in [0.3, 0.4) is 0 Å². The van der Waals surface area contributed by atoms with Gasteiger partial charge in [0.1, 0.15) is 11.5 Å². The predicted molar refractivity (Wildman–Crippen MR) is 201 cm³/mol. The van der Waals surface area contributed by atoms with E-state index >= 15 is 0 Å². The van der Waals surface area contributed by atoms with E-state index in [9.17, 15) is 52.5 Å². The first kappa shape index (κ1) is 45.1. The molecule has 6 aromatic carbocycles. The summed E-state index contributed by atoms with van der Waals surface area (Å²) in [5, 5.41) is -2.96. The van der Waals surface area contributed by atoms with Crippen LogP contribution in [-0.2, 0) is 36.3 Å². The summed E-state index contributed by atoms with van der Waals surface area (Å²) < 4.78 is 159. The lowest BCUT2D eigenvalue weighted by molar-refractivity contribution is -0.382. The van der Waals surface area contributed by atoms with E-state index in [4.69, 9.17) is 18.9 Å². The first-order chi connectivity index (χ1) is 27.6. The summed E-state index contributed by atoms with van der Waals surface area (Å²) in [4.78, 5) is 3.85. The van der Waals surface area contributed by atoms with Gasteiger partial charge in [-0.1, -0.05) is 48.5 Å². The molecule has 0 bridgehead atoms. The van der Waals surface area contributed by atoms with E-state index < -0.39 is 39.2 Å². The summed E-state index contributed by atoms with van der Waals surface area (Å²) in [5.74, 6) is -14.4. The van der Waals surface area contributed by atoms with Gasteiger partial charge in [-0.05, 0) is 89.0 Å². The highest BCUT2D eigenvalue weighted by Crippen LogP contribution is 2.54. The molecule has 0 aliphatic carbocycles. The Morgan fingerprint density at radius 1 is 0.542 bits per heavy atom. The third-order valence-electron chi connectivity index (χ3n) is 9.15. The number of benzene rings is 6. The van der Waals surface area contributed by atoms with Crippen molar-refractivity contribution in [3.8, 4) is 11.5 Å². The number of hydrogen-bond acceptors (Lipinski definition) is 7. The molecule has 6 aromatic rings. The Kier molecular flexibility index (Phi) is 12.9. The average molecular weight is 873 g/mol. The van der Waals surface area contributed by atoms with Crippen molar-refractivity contribution in [2.24, 2.45) is 0 Å². The lowest BCUT2D eigenvalue weighted by Crippen LogP contribution is -2.63. The third kappa shape index (κ3) is 8.28. The molecule has 0 radical (unpaired) electrons. The van der Waals surface area contributed by atoms with Gasteiger partial charge in [0.2, 0.25) is 5.79 Å². The van der Waals surface area contributed by atoms with Gasteiger partial charge in [-0.3, -0.25) is 0 Å². The maximum absolute atomic E-state index is 12.2. The fourth-order valence-electron chi connectivity index (χ4n) is 6.18. The molecule has 0 unspecified atom stereocenters. The second kappa shape index (κ2) is 16.9. The van der Waals surface area contributed by atoms with Gasteiger partial charge in [0.05, 0.1) is 25.1 Å². The van der Waals surface area contributed by atoms with Gasteiger partial charge in [0.25, 0.3) is 0 Å². The topological polar surface area (TPSA) is 94.1 Å². The van der Waals surface area contributed by atoms with Gasteiger partial charge < -0.3 is 23.5 Å². The summed E-state index contributed by atoms with van der Waals surface area (Å²) in [6.45, 7) is 0. The second-order valence-corrected chi connectivity index (χ2v) is 16.0. The zero-order valence-corrected chi connectivity index (χ0v) is 32.8. The van der Waals surface area contributed by atoms with Crippen LogP contribution in [0, 0.1) is 0 Å². The molecular weight excluding hydrogens is 840 g/mol. The molecule has 0 saturated heterocycles. The van der Waals surface area contributed by atoms with Gasteiger partial charge in [-0.2, -0.15) is 39.5 Å². The van der Waals surface area contributed by atoms with Crippen LogP contribution in [-0.4, -0.2) is 64.7 Å². The van der Waals surface area contributed by atoms with Crippen molar-refractivity contribution in [1.82, 2.24) is 0 Å². The highest BCUT2D eigenvalue weighted by molar-refractivity contribution is 7.97. The second-order valence-electron chi connectivity index (χ2n) is 12.5. The SMILES string of the molecule is COc1ccc2c(OC)ccc(C(OC)(OC)c3ccc4cc([S+](c5ccccc5)c5ccccc5)ccc4c3)c2c1.O=S(=O)([O-])C(F)(F)C(F)(F)C(F)(F)C(F)(F)F. The number of halogens is 9. The standard InChI is InChI=1S/C37H33O4S.C4HF9O3S/c1-38-29-18-20-33-34(25-29)35(21-22-36(33)39-2)37(40-3,41-4)28-17-15-27-24-32(19-16-26(27)23-28)42(30-11-7-5-8-12-30)31-13-9-6-10-14-31;5-1(6,3(9,10)11)2(7,8)4(12,13)17(14,15)16/h5-25H,1-4H3;(H,14,15,16)/q+1;/p-1. The Labute approximate surface area is 335 Å². The van der Waals surface area contributed by atoms with Crippen LogP contribution in [0.5, 0.6) is 11.5 Å². The van der Waals surface area contributed by atoms with Gasteiger partial charge in [-0.25, -0.2) is 8.42 Å². The van der Waals surface area contributed by atoms with Crippen molar-refractivity contribution < 1.29 is 71.4 Å². The summed E-state index contributed by atoms with van der Waals surface area (Å²) in [7, 11) is -0.937. The number of fused-ring (bicyclic) bond motifs is 2. The van der Waals surface area contributed by atoms with Crippen LogP contribution in [0.25, 0.3) is 21.5 Å². The molecule has 0 aromatic heterocycles. The maximum atomic E-state index is 12.2. The molecule has 0 atom stereocenters. The Hall–Kier alpha value is -5.01. The average Bonchev–Trinajstić information content (AvgIpc) is 3.21. The zero-order valence-electron chi connectivity index (χ0n) is 31.2. The number of rotatable bonds is 12. The summed E-state index contributed by atoms with van der Waals surface area (Å²) in [6.07, 6.45) is -7.16. The van der Waals surface area contributed by atoms with Gasteiger partial charge >= 0.3 is 23.3 Å².